The lowest BCUT2D eigenvalue weighted by Gasteiger charge is -2.13. The summed E-state index contributed by atoms with van der Waals surface area (Å²) in [5.41, 5.74) is 0.798. The summed E-state index contributed by atoms with van der Waals surface area (Å²) >= 11 is 2.23. The van der Waals surface area contributed by atoms with Crippen LogP contribution in [0.15, 0.2) is 48.5 Å². The van der Waals surface area contributed by atoms with Gasteiger partial charge in [0.2, 0.25) is 0 Å². The molecule has 2 nitrogen and oxygen atoms in total. The van der Waals surface area contributed by atoms with Crippen LogP contribution < -0.4 is 4.74 Å². The summed E-state index contributed by atoms with van der Waals surface area (Å²) in [5.74, 6) is 1.51. The van der Waals surface area contributed by atoms with Gasteiger partial charge in [-0.3, -0.25) is 0 Å². The van der Waals surface area contributed by atoms with Crippen LogP contribution in [-0.2, 0) is 0 Å². The number of rotatable bonds is 3. The molecule has 0 unspecified atom stereocenters. The van der Waals surface area contributed by atoms with E-state index < -0.39 is 6.10 Å². The minimum absolute atomic E-state index is 0.535. The molecule has 88 valence electrons. The van der Waals surface area contributed by atoms with Gasteiger partial charge in [-0.2, -0.15) is 0 Å². The second kappa shape index (κ2) is 5.51. The van der Waals surface area contributed by atoms with E-state index in [-0.39, 0.29) is 0 Å². The van der Waals surface area contributed by atoms with E-state index in [1.54, 1.807) is 6.92 Å². The largest absolute Gasteiger partial charge is 0.456 e. The molecule has 0 heterocycles. The number of hydrogen-bond donors (Lipinski definition) is 1. The predicted octanol–water partition coefficient (Wildman–Crippen LogP) is 4.14. The zero-order chi connectivity index (χ0) is 12.3. The Bertz CT molecular complexity index is 509. The molecule has 17 heavy (non-hydrogen) atoms. The maximum atomic E-state index is 9.67. The van der Waals surface area contributed by atoms with Gasteiger partial charge in [0.25, 0.3) is 0 Å². The Labute approximate surface area is 114 Å². The van der Waals surface area contributed by atoms with Crippen LogP contribution in [0.1, 0.15) is 18.6 Å². The molecule has 0 radical (unpaired) electrons. The lowest BCUT2D eigenvalue weighted by molar-refractivity contribution is 0.195. The standard InChI is InChI=1S/C14H13IO2/c1-10(16)11-6-2-4-8-13(11)17-14-9-5-3-7-12(14)15/h2-10,16H,1H3/t10-/m0/s1. The molecule has 0 saturated carbocycles. The second-order valence-corrected chi connectivity index (χ2v) is 4.91. The number of aliphatic hydroxyl groups is 1. The molecule has 0 aliphatic rings. The van der Waals surface area contributed by atoms with Crippen molar-refractivity contribution in [3.8, 4) is 11.5 Å². The maximum Gasteiger partial charge on any atom is 0.140 e. The topological polar surface area (TPSA) is 29.5 Å². The zero-order valence-corrected chi connectivity index (χ0v) is 11.6. The molecule has 2 rings (SSSR count). The van der Waals surface area contributed by atoms with Crippen LogP contribution in [-0.4, -0.2) is 5.11 Å². The summed E-state index contributed by atoms with van der Waals surface area (Å²) in [6.45, 7) is 1.73. The fraction of sp³-hybridized carbons (Fsp3) is 0.143. The summed E-state index contributed by atoms with van der Waals surface area (Å²) in [6, 6.07) is 15.3. The van der Waals surface area contributed by atoms with E-state index >= 15 is 0 Å². The van der Waals surface area contributed by atoms with Crippen molar-refractivity contribution in [2.75, 3.05) is 0 Å². The van der Waals surface area contributed by atoms with Crippen LogP contribution in [0.2, 0.25) is 0 Å². The highest BCUT2D eigenvalue weighted by molar-refractivity contribution is 14.1. The van der Waals surface area contributed by atoms with Gasteiger partial charge in [0.05, 0.1) is 9.67 Å². The Balaban J connectivity index is 2.34. The van der Waals surface area contributed by atoms with Crippen molar-refractivity contribution in [2.45, 2.75) is 13.0 Å². The van der Waals surface area contributed by atoms with Gasteiger partial charge >= 0.3 is 0 Å². The van der Waals surface area contributed by atoms with E-state index in [1.165, 1.54) is 0 Å². The van der Waals surface area contributed by atoms with Crippen molar-refractivity contribution in [1.82, 2.24) is 0 Å². The number of aliphatic hydroxyl groups excluding tert-OH is 1. The molecule has 0 saturated heterocycles. The lowest BCUT2D eigenvalue weighted by atomic mass is 10.1. The first-order valence-corrected chi connectivity index (χ1v) is 6.45. The average molecular weight is 340 g/mol. The number of ether oxygens (including phenoxy) is 1. The van der Waals surface area contributed by atoms with Crippen LogP contribution in [0.5, 0.6) is 11.5 Å². The molecule has 1 atom stereocenters. The van der Waals surface area contributed by atoms with Gasteiger partial charge < -0.3 is 9.84 Å². The molecule has 0 aliphatic heterocycles. The molecular weight excluding hydrogens is 327 g/mol. The molecule has 0 bridgehead atoms. The maximum absolute atomic E-state index is 9.67. The first-order chi connectivity index (χ1) is 8.18. The molecule has 0 aliphatic carbocycles. The van der Waals surface area contributed by atoms with Crippen LogP contribution in [0.4, 0.5) is 0 Å². The van der Waals surface area contributed by atoms with Crippen molar-refractivity contribution in [2.24, 2.45) is 0 Å². The third-order valence-corrected chi connectivity index (χ3v) is 3.32. The van der Waals surface area contributed by atoms with Gasteiger partial charge in [-0.05, 0) is 47.7 Å². The van der Waals surface area contributed by atoms with Gasteiger partial charge in [-0.15, -0.1) is 0 Å². The van der Waals surface area contributed by atoms with Crippen LogP contribution in [0.25, 0.3) is 0 Å². The Morgan fingerprint density at radius 3 is 2.24 bits per heavy atom. The monoisotopic (exact) mass is 340 g/mol. The smallest absolute Gasteiger partial charge is 0.140 e. The minimum Gasteiger partial charge on any atom is -0.456 e. The third-order valence-electron chi connectivity index (χ3n) is 2.43. The number of halogens is 1. The van der Waals surface area contributed by atoms with Crippen molar-refractivity contribution >= 4 is 22.6 Å². The lowest BCUT2D eigenvalue weighted by Crippen LogP contribution is -1.96. The number of para-hydroxylation sites is 2. The Kier molecular flexibility index (Phi) is 4.02. The first-order valence-electron chi connectivity index (χ1n) is 5.38. The Morgan fingerprint density at radius 1 is 1.00 bits per heavy atom. The molecule has 0 amide bonds. The predicted molar refractivity (Wildman–Crippen MR) is 76.3 cm³/mol. The zero-order valence-electron chi connectivity index (χ0n) is 9.43. The van der Waals surface area contributed by atoms with E-state index in [0.29, 0.717) is 5.75 Å². The fourth-order valence-corrected chi connectivity index (χ4v) is 2.06. The van der Waals surface area contributed by atoms with Gasteiger partial charge in [0, 0.05) is 5.56 Å². The number of benzene rings is 2. The summed E-state index contributed by atoms with van der Waals surface area (Å²) in [5, 5.41) is 9.67. The van der Waals surface area contributed by atoms with Crippen molar-refractivity contribution in [3.05, 3.63) is 57.7 Å². The molecule has 0 fully saturated rings. The van der Waals surface area contributed by atoms with Gasteiger partial charge in [-0.1, -0.05) is 30.3 Å². The van der Waals surface area contributed by atoms with E-state index in [0.717, 1.165) is 14.9 Å². The van der Waals surface area contributed by atoms with Gasteiger partial charge in [0.1, 0.15) is 11.5 Å². The molecule has 2 aromatic rings. The highest BCUT2D eigenvalue weighted by atomic mass is 127. The first kappa shape index (κ1) is 12.4. The second-order valence-electron chi connectivity index (χ2n) is 3.75. The van der Waals surface area contributed by atoms with E-state index in [2.05, 4.69) is 22.6 Å². The normalized spacial score (nSPS) is 12.2. The van der Waals surface area contributed by atoms with E-state index in [1.807, 2.05) is 48.5 Å². The summed E-state index contributed by atoms with van der Waals surface area (Å²) < 4.78 is 6.88. The van der Waals surface area contributed by atoms with Crippen molar-refractivity contribution in [3.63, 3.8) is 0 Å². The highest BCUT2D eigenvalue weighted by Crippen LogP contribution is 2.31. The van der Waals surface area contributed by atoms with Crippen molar-refractivity contribution < 1.29 is 9.84 Å². The fourth-order valence-electron chi connectivity index (χ4n) is 1.56. The number of hydrogen-bond acceptors (Lipinski definition) is 2. The average Bonchev–Trinajstić information content (AvgIpc) is 2.32. The highest BCUT2D eigenvalue weighted by Gasteiger charge is 2.10. The summed E-state index contributed by atoms with van der Waals surface area (Å²) in [4.78, 5) is 0. The van der Waals surface area contributed by atoms with Gasteiger partial charge in [-0.25, -0.2) is 0 Å². The Morgan fingerprint density at radius 2 is 1.59 bits per heavy atom. The molecule has 1 N–H and O–H groups in total. The molecule has 2 aromatic carbocycles. The molecular formula is C14H13IO2. The summed E-state index contributed by atoms with van der Waals surface area (Å²) in [6.07, 6.45) is -0.535. The SMILES string of the molecule is C[C@H](O)c1ccccc1Oc1ccccc1I. The molecule has 0 aromatic heterocycles. The van der Waals surface area contributed by atoms with Gasteiger partial charge in [0.15, 0.2) is 0 Å². The third kappa shape index (κ3) is 2.98. The summed E-state index contributed by atoms with van der Waals surface area (Å²) in [7, 11) is 0. The molecule has 0 spiro atoms. The van der Waals surface area contributed by atoms with Crippen molar-refractivity contribution in [1.29, 1.82) is 0 Å². The van der Waals surface area contributed by atoms with Crippen LogP contribution >= 0.6 is 22.6 Å². The quantitative estimate of drug-likeness (QED) is 0.851. The van der Waals surface area contributed by atoms with E-state index in [4.69, 9.17) is 4.74 Å². The van der Waals surface area contributed by atoms with Crippen LogP contribution in [0, 0.1) is 3.57 Å². The van der Waals surface area contributed by atoms with E-state index in [9.17, 15) is 5.11 Å². The molecule has 3 heteroatoms. The Hall–Kier alpha value is -1.07. The minimum atomic E-state index is -0.535. The van der Waals surface area contributed by atoms with Crippen LogP contribution in [0.3, 0.4) is 0 Å².